The number of anilines is 1. The molecule has 0 atom stereocenters. The number of nitrogens with zero attached hydrogens (tertiary/aromatic N) is 2. The Balaban J connectivity index is 2.93. The summed E-state index contributed by atoms with van der Waals surface area (Å²) in [6, 6.07) is 1.77. The van der Waals surface area contributed by atoms with Crippen LogP contribution >= 0.6 is 15.9 Å². The van der Waals surface area contributed by atoms with Crippen LogP contribution in [0.15, 0.2) is 16.7 Å². The van der Waals surface area contributed by atoms with Crippen molar-refractivity contribution in [1.29, 1.82) is 0 Å². The summed E-state index contributed by atoms with van der Waals surface area (Å²) in [7, 11) is 0. The molecule has 2 heterocycles. The molecule has 0 unspecified atom stereocenters. The Morgan fingerprint density at radius 2 is 2.27 bits per heavy atom. The van der Waals surface area contributed by atoms with Crippen LogP contribution in [-0.4, -0.2) is 15.2 Å². The number of nitrogens with two attached hydrogens (primary N) is 1. The number of hydrogen-bond acceptors (Lipinski definition) is 3. The Labute approximate surface area is 95.2 Å². The minimum Gasteiger partial charge on any atom is -0.396 e. The summed E-state index contributed by atoms with van der Waals surface area (Å²) in [6.07, 6.45) is 1.79. The van der Waals surface area contributed by atoms with Crippen LogP contribution in [-0.2, 0) is 0 Å². The molecule has 2 rings (SSSR count). The zero-order valence-corrected chi connectivity index (χ0v) is 10.00. The first-order chi connectivity index (χ1) is 7.00. The molecule has 78 valence electrons. The highest BCUT2D eigenvalue weighted by Crippen LogP contribution is 2.22. The number of carbonyl (C=O) groups is 1. The van der Waals surface area contributed by atoms with E-state index >= 15 is 0 Å². The van der Waals surface area contributed by atoms with Crippen LogP contribution in [0.1, 0.15) is 23.1 Å². The van der Waals surface area contributed by atoms with Crippen molar-refractivity contribution in [2.45, 2.75) is 13.8 Å². The van der Waals surface area contributed by atoms with E-state index in [4.69, 9.17) is 5.73 Å². The maximum atomic E-state index is 11.4. The van der Waals surface area contributed by atoms with Crippen LogP contribution in [0.5, 0.6) is 0 Å². The van der Waals surface area contributed by atoms with Gasteiger partial charge in [-0.05, 0) is 28.9 Å². The fraction of sp³-hybridized carbons (Fsp3) is 0.200. The lowest BCUT2D eigenvalue weighted by Crippen LogP contribution is -2.01. The lowest BCUT2D eigenvalue weighted by Gasteiger charge is -2.01. The van der Waals surface area contributed by atoms with E-state index in [1.54, 1.807) is 23.6 Å². The largest absolute Gasteiger partial charge is 0.396 e. The minimum atomic E-state index is -0.0162. The molecule has 15 heavy (non-hydrogen) atoms. The van der Waals surface area contributed by atoms with Crippen molar-refractivity contribution >= 4 is 33.0 Å². The number of fused-ring (bicyclic) bond motifs is 1. The van der Waals surface area contributed by atoms with Gasteiger partial charge >= 0.3 is 0 Å². The molecule has 4 nitrogen and oxygen atoms in total. The first kappa shape index (κ1) is 10.2. The number of halogens is 1. The Hall–Kier alpha value is -1.36. The summed E-state index contributed by atoms with van der Waals surface area (Å²) in [6.45, 7) is 3.32. The van der Waals surface area contributed by atoms with Crippen LogP contribution in [0.3, 0.4) is 0 Å². The number of imidazole rings is 1. The average molecular weight is 268 g/mol. The summed E-state index contributed by atoms with van der Waals surface area (Å²) >= 11 is 3.34. The molecule has 2 aromatic heterocycles. The van der Waals surface area contributed by atoms with Gasteiger partial charge in [0.1, 0.15) is 5.69 Å². The van der Waals surface area contributed by atoms with Gasteiger partial charge in [0.05, 0.1) is 11.4 Å². The molecule has 0 aliphatic rings. The molecule has 0 saturated heterocycles. The maximum Gasteiger partial charge on any atom is 0.178 e. The van der Waals surface area contributed by atoms with Gasteiger partial charge in [0.15, 0.2) is 11.4 Å². The van der Waals surface area contributed by atoms with Gasteiger partial charge in [-0.2, -0.15) is 0 Å². The maximum absolute atomic E-state index is 11.4. The van der Waals surface area contributed by atoms with Gasteiger partial charge in [-0.3, -0.25) is 9.20 Å². The fourth-order valence-corrected chi connectivity index (χ4v) is 2.12. The predicted molar refractivity (Wildman–Crippen MR) is 62.0 cm³/mol. The van der Waals surface area contributed by atoms with Crippen LogP contribution in [0.4, 0.5) is 5.69 Å². The molecule has 0 fully saturated rings. The second-order valence-corrected chi connectivity index (χ2v) is 4.32. The fourth-order valence-electron chi connectivity index (χ4n) is 1.67. The third-order valence-corrected chi connectivity index (χ3v) is 2.66. The summed E-state index contributed by atoms with van der Waals surface area (Å²) in [5.74, 6) is -0.0162. The predicted octanol–water partition coefficient (Wildman–Crippen LogP) is 2.19. The van der Waals surface area contributed by atoms with Crippen molar-refractivity contribution in [2.75, 3.05) is 5.73 Å². The molecule has 2 aromatic rings. The zero-order chi connectivity index (χ0) is 11.2. The van der Waals surface area contributed by atoms with Crippen LogP contribution in [0.25, 0.3) is 5.65 Å². The lowest BCUT2D eigenvalue weighted by atomic mass is 10.2. The smallest absolute Gasteiger partial charge is 0.178 e. The number of ketones is 1. The summed E-state index contributed by atoms with van der Waals surface area (Å²) in [5.41, 5.74) is 8.28. The molecule has 0 spiro atoms. The summed E-state index contributed by atoms with van der Waals surface area (Å²) < 4.78 is 2.55. The molecule has 2 N–H and O–H groups in total. The number of carbonyl (C=O) groups excluding carboxylic acids is 1. The van der Waals surface area contributed by atoms with Gasteiger partial charge in [0.25, 0.3) is 0 Å². The van der Waals surface area contributed by atoms with Crippen molar-refractivity contribution in [2.24, 2.45) is 0 Å². The molecule has 0 aliphatic heterocycles. The average Bonchev–Trinajstić information content (AvgIpc) is 2.41. The Bertz CT molecular complexity index is 559. The molecular weight excluding hydrogens is 258 g/mol. The van der Waals surface area contributed by atoms with Gasteiger partial charge in [-0.25, -0.2) is 4.98 Å². The highest BCUT2D eigenvalue weighted by Gasteiger charge is 2.14. The highest BCUT2D eigenvalue weighted by atomic mass is 79.9. The number of pyridine rings is 1. The standard InChI is InChI=1S/C10H10BrN3O/c1-5-9(6(2)15)14-4-7(11)3-8(12)10(14)13-5/h3-4H,12H2,1-2H3. The van der Waals surface area contributed by atoms with E-state index in [0.717, 1.165) is 4.47 Å². The van der Waals surface area contributed by atoms with E-state index in [0.29, 0.717) is 22.7 Å². The third kappa shape index (κ3) is 1.52. The van der Waals surface area contributed by atoms with Crippen molar-refractivity contribution in [3.8, 4) is 0 Å². The normalized spacial score (nSPS) is 10.9. The number of hydrogen-bond donors (Lipinski definition) is 1. The van der Waals surface area contributed by atoms with Gasteiger partial charge in [-0.1, -0.05) is 0 Å². The first-order valence-corrected chi connectivity index (χ1v) is 5.24. The molecule has 5 heteroatoms. The summed E-state index contributed by atoms with van der Waals surface area (Å²) in [5, 5.41) is 0. The molecule has 0 aromatic carbocycles. The van der Waals surface area contributed by atoms with Gasteiger partial charge in [0, 0.05) is 17.6 Å². The van der Waals surface area contributed by atoms with E-state index in [-0.39, 0.29) is 5.78 Å². The highest BCUT2D eigenvalue weighted by molar-refractivity contribution is 9.10. The van der Waals surface area contributed by atoms with Crippen molar-refractivity contribution in [3.05, 3.63) is 28.1 Å². The van der Waals surface area contributed by atoms with E-state index < -0.39 is 0 Å². The van der Waals surface area contributed by atoms with Gasteiger partial charge < -0.3 is 5.73 Å². The zero-order valence-electron chi connectivity index (χ0n) is 8.41. The number of nitrogen functional groups attached to an aromatic ring is 1. The van der Waals surface area contributed by atoms with E-state index in [1.807, 2.05) is 0 Å². The monoisotopic (exact) mass is 267 g/mol. The Morgan fingerprint density at radius 1 is 1.60 bits per heavy atom. The Kier molecular flexibility index (Phi) is 2.26. The minimum absolute atomic E-state index is 0.0162. The quantitative estimate of drug-likeness (QED) is 0.806. The molecule has 0 amide bonds. The van der Waals surface area contributed by atoms with Crippen molar-refractivity contribution < 1.29 is 4.79 Å². The third-order valence-electron chi connectivity index (χ3n) is 2.22. The number of rotatable bonds is 1. The second kappa shape index (κ2) is 3.34. The number of Topliss-reactive ketones (excluding diaryl/α,β-unsaturated/α-hetero) is 1. The molecule has 0 radical (unpaired) electrons. The molecule has 0 aliphatic carbocycles. The first-order valence-electron chi connectivity index (χ1n) is 4.45. The molecule has 0 saturated carbocycles. The van der Waals surface area contributed by atoms with E-state index in [1.165, 1.54) is 6.92 Å². The van der Waals surface area contributed by atoms with Crippen molar-refractivity contribution in [3.63, 3.8) is 0 Å². The summed E-state index contributed by atoms with van der Waals surface area (Å²) in [4.78, 5) is 15.7. The van der Waals surface area contributed by atoms with Crippen molar-refractivity contribution in [1.82, 2.24) is 9.38 Å². The number of aryl methyl sites for hydroxylation is 1. The SMILES string of the molecule is CC(=O)c1c(C)nc2c(N)cc(Br)cn12. The topological polar surface area (TPSA) is 60.4 Å². The van der Waals surface area contributed by atoms with Crippen LogP contribution in [0.2, 0.25) is 0 Å². The molecular formula is C10H10BrN3O. The van der Waals surface area contributed by atoms with Crippen LogP contribution in [0, 0.1) is 6.92 Å². The second-order valence-electron chi connectivity index (χ2n) is 3.41. The number of aromatic nitrogens is 2. The van der Waals surface area contributed by atoms with E-state index in [9.17, 15) is 4.79 Å². The van der Waals surface area contributed by atoms with Gasteiger partial charge in [-0.15, -0.1) is 0 Å². The van der Waals surface area contributed by atoms with Gasteiger partial charge in [0.2, 0.25) is 0 Å². The molecule has 0 bridgehead atoms. The lowest BCUT2D eigenvalue weighted by molar-refractivity contribution is 0.101. The Morgan fingerprint density at radius 3 is 2.87 bits per heavy atom. The van der Waals surface area contributed by atoms with Crippen LogP contribution < -0.4 is 5.73 Å². The van der Waals surface area contributed by atoms with E-state index in [2.05, 4.69) is 20.9 Å².